The molecule has 0 fully saturated rings. The number of hydrogen-bond acceptors (Lipinski definition) is 3. The fraction of sp³-hybridized carbons (Fsp3) is 0.0588. The van der Waals surface area contributed by atoms with Gasteiger partial charge in [0.15, 0.2) is 0 Å². The minimum atomic E-state index is -0.489. The van der Waals surface area contributed by atoms with Gasteiger partial charge in [-0.25, -0.2) is 4.79 Å². The van der Waals surface area contributed by atoms with Gasteiger partial charge in [-0.1, -0.05) is 28.1 Å². The molecule has 3 rings (SSSR count). The number of amides is 1. The average molecular weight is 373 g/mol. The van der Waals surface area contributed by atoms with Gasteiger partial charge in [0, 0.05) is 15.6 Å². The molecule has 0 saturated carbocycles. The van der Waals surface area contributed by atoms with E-state index in [-0.39, 0.29) is 5.97 Å². The van der Waals surface area contributed by atoms with E-state index >= 15 is 0 Å². The van der Waals surface area contributed by atoms with Crippen molar-refractivity contribution < 1.29 is 14.3 Å². The van der Waals surface area contributed by atoms with Gasteiger partial charge < -0.3 is 15.5 Å². The van der Waals surface area contributed by atoms with Crippen LogP contribution >= 0.6 is 15.9 Å². The summed E-state index contributed by atoms with van der Waals surface area (Å²) in [6.45, 7) is 0. The molecule has 0 atom stereocenters. The number of aromatic nitrogens is 1. The van der Waals surface area contributed by atoms with Crippen molar-refractivity contribution in [1.29, 1.82) is 0 Å². The number of ether oxygens (including phenoxy) is 1. The van der Waals surface area contributed by atoms with E-state index in [1.54, 1.807) is 24.3 Å². The minimum Gasteiger partial charge on any atom is -0.465 e. The van der Waals surface area contributed by atoms with Crippen LogP contribution in [0.3, 0.4) is 0 Å². The summed E-state index contributed by atoms with van der Waals surface area (Å²) >= 11 is 3.47. The number of nitrogens with one attached hydrogen (secondary N) is 1. The number of H-pyrrole nitrogens is 1. The lowest BCUT2D eigenvalue weighted by molar-refractivity contribution is 0.0600. The lowest BCUT2D eigenvalue weighted by Crippen LogP contribution is -2.11. The van der Waals surface area contributed by atoms with Gasteiger partial charge in [-0.15, -0.1) is 0 Å². The maximum atomic E-state index is 11.6. The van der Waals surface area contributed by atoms with Gasteiger partial charge in [0.2, 0.25) is 0 Å². The second kappa shape index (κ2) is 5.89. The molecule has 0 unspecified atom stereocenters. The number of esters is 1. The highest BCUT2D eigenvalue weighted by atomic mass is 79.9. The Morgan fingerprint density at radius 3 is 2.43 bits per heavy atom. The van der Waals surface area contributed by atoms with Gasteiger partial charge >= 0.3 is 5.97 Å². The summed E-state index contributed by atoms with van der Waals surface area (Å²) in [5, 5.41) is 0.869. The van der Waals surface area contributed by atoms with Crippen molar-refractivity contribution in [3.05, 3.63) is 58.1 Å². The lowest BCUT2D eigenvalue weighted by atomic mass is 10.1. The predicted octanol–water partition coefficient (Wildman–Crippen LogP) is 3.48. The first-order valence-corrected chi connectivity index (χ1v) is 7.60. The molecule has 0 saturated heterocycles. The number of rotatable bonds is 3. The van der Waals surface area contributed by atoms with Crippen LogP contribution in [0.5, 0.6) is 0 Å². The number of carbonyl (C=O) groups excluding carboxylic acids is 2. The Kier molecular flexibility index (Phi) is 3.92. The van der Waals surface area contributed by atoms with Gasteiger partial charge in [0.1, 0.15) is 0 Å². The molecule has 1 amide bonds. The van der Waals surface area contributed by atoms with Crippen molar-refractivity contribution in [2.75, 3.05) is 7.11 Å². The van der Waals surface area contributed by atoms with Crippen molar-refractivity contribution in [3.63, 3.8) is 0 Å². The second-order valence-corrected chi connectivity index (χ2v) is 5.85. The molecular weight excluding hydrogens is 360 g/mol. The van der Waals surface area contributed by atoms with Crippen LogP contribution in [0.1, 0.15) is 20.7 Å². The summed E-state index contributed by atoms with van der Waals surface area (Å²) in [6.07, 6.45) is 0. The maximum absolute atomic E-state index is 11.6. The molecule has 6 heteroatoms. The quantitative estimate of drug-likeness (QED) is 0.690. The zero-order valence-corrected chi connectivity index (χ0v) is 13.8. The van der Waals surface area contributed by atoms with Crippen molar-refractivity contribution in [2.45, 2.75) is 0 Å². The SMILES string of the molecule is COC(=O)c1ccc(-c2cc3c(Br)ccc(C(N)=O)c3[nH]2)cc1. The Labute approximate surface area is 140 Å². The number of primary amides is 1. The normalized spacial score (nSPS) is 10.7. The zero-order chi connectivity index (χ0) is 16.6. The van der Waals surface area contributed by atoms with Crippen molar-refractivity contribution in [3.8, 4) is 11.3 Å². The van der Waals surface area contributed by atoms with Gasteiger partial charge in [-0.2, -0.15) is 0 Å². The van der Waals surface area contributed by atoms with Gasteiger partial charge in [-0.3, -0.25) is 4.79 Å². The fourth-order valence-electron chi connectivity index (χ4n) is 2.45. The van der Waals surface area contributed by atoms with Crippen LogP contribution in [0, 0.1) is 0 Å². The number of halogens is 1. The number of aromatic amines is 1. The first-order chi connectivity index (χ1) is 11.0. The molecule has 0 spiro atoms. The number of fused-ring (bicyclic) bond motifs is 1. The molecular formula is C17H13BrN2O3. The van der Waals surface area contributed by atoms with E-state index in [1.807, 2.05) is 18.2 Å². The Balaban J connectivity index is 2.10. The van der Waals surface area contributed by atoms with Crippen molar-refractivity contribution >= 4 is 38.7 Å². The van der Waals surface area contributed by atoms with E-state index in [0.29, 0.717) is 16.6 Å². The molecule has 3 N–H and O–H groups in total. The highest BCUT2D eigenvalue weighted by Gasteiger charge is 2.13. The van der Waals surface area contributed by atoms with Crippen LogP contribution in [0.2, 0.25) is 0 Å². The molecule has 1 aromatic heterocycles. The molecule has 0 bridgehead atoms. The molecule has 2 aromatic carbocycles. The number of methoxy groups -OCH3 is 1. The van der Waals surface area contributed by atoms with Crippen LogP contribution in [0.25, 0.3) is 22.2 Å². The second-order valence-electron chi connectivity index (χ2n) is 5.00. The zero-order valence-electron chi connectivity index (χ0n) is 12.2. The summed E-state index contributed by atoms with van der Waals surface area (Å²) in [7, 11) is 1.34. The van der Waals surface area contributed by atoms with E-state index in [9.17, 15) is 9.59 Å². The smallest absolute Gasteiger partial charge is 0.337 e. The van der Waals surface area contributed by atoms with Crippen LogP contribution in [-0.2, 0) is 4.74 Å². The summed E-state index contributed by atoms with van der Waals surface area (Å²) in [5.74, 6) is -0.871. The average Bonchev–Trinajstić information content (AvgIpc) is 3.00. The summed E-state index contributed by atoms with van der Waals surface area (Å²) < 4.78 is 5.55. The summed E-state index contributed by atoms with van der Waals surface area (Å²) in [4.78, 5) is 26.3. The van der Waals surface area contributed by atoms with Crippen LogP contribution < -0.4 is 5.73 Å². The minimum absolute atomic E-state index is 0.382. The Bertz CT molecular complexity index is 913. The molecule has 1 heterocycles. The molecule has 5 nitrogen and oxygen atoms in total. The number of carbonyl (C=O) groups is 2. The van der Waals surface area contributed by atoms with E-state index < -0.39 is 5.91 Å². The van der Waals surface area contributed by atoms with E-state index in [4.69, 9.17) is 5.73 Å². The van der Waals surface area contributed by atoms with Crippen molar-refractivity contribution in [2.24, 2.45) is 5.73 Å². The van der Waals surface area contributed by atoms with Gasteiger partial charge in [0.05, 0.1) is 23.8 Å². The Morgan fingerprint density at radius 1 is 1.13 bits per heavy atom. The van der Waals surface area contributed by atoms with E-state index in [2.05, 4.69) is 25.7 Å². The number of hydrogen-bond donors (Lipinski definition) is 2. The molecule has 23 heavy (non-hydrogen) atoms. The first-order valence-electron chi connectivity index (χ1n) is 6.81. The highest BCUT2D eigenvalue weighted by molar-refractivity contribution is 9.10. The van der Waals surface area contributed by atoms with Crippen LogP contribution in [0.15, 0.2) is 46.9 Å². The molecule has 0 radical (unpaired) electrons. The summed E-state index contributed by atoms with van der Waals surface area (Å²) in [6, 6.07) is 12.4. The van der Waals surface area contributed by atoms with Gasteiger partial charge in [-0.05, 0) is 35.9 Å². The number of benzene rings is 2. The molecule has 0 aliphatic heterocycles. The Hall–Kier alpha value is -2.60. The molecule has 0 aliphatic carbocycles. The van der Waals surface area contributed by atoms with E-state index in [1.165, 1.54) is 7.11 Å². The third-order valence-electron chi connectivity index (χ3n) is 3.62. The topological polar surface area (TPSA) is 85.2 Å². The Morgan fingerprint density at radius 2 is 1.83 bits per heavy atom. The molecule has 116 valence electrons. The van der Waals surface area contributed by atoms with Crippen LogP contribution in [-0.4, -0.2) is 24.0 Å². The monoisotopic (exact) mass is 372 g/mol. The number of nitrogens with two attached hydrogens (primary N) is 1. The van der Waals surface area contributed by atoms with Crippen LogP contribution in [0.4, 0.5) is 0 Å². The first kappa shape index (κ1) is 15.3. The van der Waals surface area contributed by atoms with Gasteiger partial charge in [0.25, 0.3) is 5.91 Å². The standard InChI is InChI=1S/C17H13BrN2O3/c1-23-17(22)10-4-2-9(3-5-10)14-8-12-13(18)7-6-11(16(19)21)15(12)20-14/h2-8,20H,1H3,(H2,19,21). The summed E-state index contributed by atoms with van der Waals surface area (Å²) in [5.41, 5.74) is 8.72. The third-order valence-corrected chi connectivity index (χ3v) is 4.31. The lowest BCUT2D eigenvalue weighted by Gasteiger charge is -2.01. The molecule has 0 aliphatic rings. The molecule has 3 aromatic rings. The van der Waals surface area contributed by atoms with Crippen molar-refractivity contribution in [1.82, 2.24) is 4.98 Å². The largest absolute Gasteiger partial charge is 0.465 e. The van der Waals surface area contributed by atoms with E-state index in [0.717, 1.165) is 21.1 Å². The highest BCUT2D eigenvalue weighted by Crippen LogP contribution is 2.31. The maximum Gasteiger partial charge on any atom is 0.337 e. The fourth-order valence-corrected chi connectivity index (χ4v) is 2.89. The predicted molar refractivity (Wildman–Crippen MR) is 91.3 cm³/mol. The third kappa shape index (κ3) is 2.73.